The van der Waals surface area contributed by atoms with Crippen molar-refractivity contribution in [2.24, 2.45) is 5.41 Å². The molecule has 96 valence electrons. The highest BCUT2D eigenvalue weighted by Crippen LogP contribution is 2.39. The molecule has 3 nitrogen and oxygen atoms in total. The Hall–Kier alpha value is -1.56. The first-order chi connectivity index (χ1) is 8.64. The molecule has 0 atom stereocenters. The molecule has 1 saturated heterocycles. The number of pyridine rings is 1. The zero-order chi connectivity index (χ0) is 13.2. The molecule has 0 aliphatic carbocycles. The summed E-state index contributed by atoms with van der Waals surface area (Å²) in [5.74, 6) is 0.876. The second kappa shape index (κ2) is 4.97. The van der Waals surface area contributed by atoms with Gasteiger partial charge in [-0.3, -0.25) is 0 Å². The summed E-state index contributed by atoms with van der Waals surface area (Å²) < 4.78 is 0. The van der Waals surface area contributed by atoms with E-state index >= 15 is 0 Å². The van der Waals surface area contributed by atoms with Gasteiger partial charge < -0.3 is 4.90 Å². The summed E-state index contributed by atoms with van der Waals surface area (Å²) in [6, 6.07) is 6.05. The summed E-state index contributed by atoms with van der Waals surface area (Å²) in [7, 11) is 0. The monoisotopic (exact) mass is 243 g/mol. The van der Waals surface area contributed by atoms with Crippen molar-refractivity contribution < 1.29 is 0 Å². The number of aromatic nitrogens is 1. The topological polar surface area (TPSA) is 39.9 Å². The van der Waals surface area contributed by atoms with Crippen molar-refractivity contribution in [2.45, 2.75) is 40.0 Å². The lowest BCUT2D eigenvalue weighted by molar-refractivity contribution is 0.301. The second-order valence-electron chi connectivity index (χ2n) is 5.31. The predicted octanol–water partition coefficient (Wildman–Crippen LogP) is 3.28. The van der Waals surface area contributed by atoms with E-state index in [1.54, 1.807) is 0 Å². The molecule has 0 bridgehead atoms. The quantitative estimate of drug-likeness (QED) is 0.818. The first-order valence-corrected chi connectivity index (χ1v) is 6.77. The van der Waals surface area contributed by atoms with Gasteiger partial charge in [-0.05, 0) is 43.7 Å². The lowest BCUT2D eigenvalue weighted by atomic mass is 9.82. The molecule has 2 rings (SSSR count). The Morgan fingerprint density at radius 2 is 2.11 bits per heavy atom. The fourth-order valence-corrected chi connectivity index (χ4v) is 2.81. The molecule has 3 heteroatoms. The van der Waals surface area contributed by atoms with Crippen molar-refractivity contribution in [2.75, 3.05) is 18.0 Å². The number of anilines is 1. The Bertz CT molecular complexity index is 469. The minimum absolute atomic E-state index is 0.415. The van der Waals surface area contributed by atoms with Gasteiger partial charge in [0.15, 0.2) is 0 Å². The Labute approximate surface area is 109 Å². The van der Waals surface area contributed by atoms with Crippen LogP contribution in [0.5, 0.6) is 0 Å². The van der Waals surface area contributed by atoms with Gasteiger partial charge in [-0.15, -0.1) is 0 Å². The normalized spacial score (nSPS) is 17.8. The summed E-state index contributed by atoms with van der Waals surface area (Å²) in [6.07, 6.45) is 3.61. The molecule has 1 aromatic rings. The zero-order valence-electron chi connectivity index (χ0n) is 11.5. The molecule has 0 amide bonds. The van der Waals surface area contributed by atoms with Crippen LogP contribution in [0.3, 0.4) is 0 Å². The van der Waals surface area contributed by atoms with E-state index in [4.69, 9.17) is 0 Å². The molecule has 1 aliphatic heterocycles. The third-order valence-electron chi connectivity index (χ3n) is 4.37. The Morgan fingerprint density at radius 1 is 1.39 bits per heavy atom. The van der Waals surface area contributed by atoms with Crippen LogP contribution in [0.4, 0.5) is 5.82 Å². The number of nitrogens with zero attached hydrogens (tertiary/aromatic N) is 3. The van der Waals surface area contributed by atoms with Crippen molar-refractivity contribution in [3.63, 3.8) is 0 Å². The highest BCUT2D eigenvalue weighted by Gasteiger charge is 2.36. The fraction of sp³-hybridized carbons (Fsp3) is 0.600. The zero-order valence-corrected chi connectivity index (χ0v) is 11.5. The van der Waals surface area contributed by atoms with Crippen molar-refractivity contribution in [1.29, 1.82) is 5.26 Å². The van der Waals surface area contributed by atoms with Gasteiger partial charge in [-0.25, -0.2) is 4.98 Å². The van der Waals surface area contributed by atoms with E-state index in [0.717, 1.165) is 24.6 Å². The molecule has 2 heterocycles. The van der Waals surface area contributed by atoms with Crippen molar-refractivity contribution in [3.05, 3.63) is 23.4 Å². The molecule has 0 N–H and O–H groups in total. The lowest BCUT2D eigenvalue weighted by Gasteiger charge is -2.27. The molecule has 0 radical (unpaired) electrons. The third-order valence-corrected chi connectivity index (χ3v) is 4.37. The van der Waals surface area contributed by atoms with E-state index in [2.05, 4.69) is 29.8 Å². The van der Waals surface area contributed by atoms with E-state index in [1.807, 2.05) is 19.1 Å². The standard InChI is InChI=1S/C15H21N3/c1-4-15(5-2)8-9-18(11-15)14-13(10-16)7-6-12(3)17-14/h6-7H,4-5,8-9,11H2,1-3H3. The van der Waals surface area contributed by atoms with E-state index in [9.17, 15) is 5.26 Å². The highest BCUT2D eigenvalue weighted by atomic mass is 15.2. The van der Waals surface area contributed by atoms with Crippen LogP contribution in [0.2, 0.25) is 0 Å². The van der Waals surface area contributed by atoms with Crippen LogP contribution >= 0.6 is 0 Å². The van der Waals surface area contributed by atoms with E-state index in [0.29, 0.717) is 11.0 Å². The summed E-state index contributed by atoms with van der Waals surface area (Å²) in [4.78, 5) is 6.85. The second-order valence-corrected chi connectivity index (χ2v) is 5.31. The fourth-order valence-electron chi connectivity index (χ4n) is 2.81. The van der Waals surface area contributed by atoms with Crippen LogP contribution < -0.4 is 4.90 Å². The van der Waals surface area contributed by atoms with E-state index in [-0.39, 0.29) is 0 Å². The Morgan fingerprint density at radius 3 is 2.67 bits per heavy atom. The van der Waals surface area contributed by atoms with Crippen LogP contribution in [0.1, 0.15) is 44.4 Å². The summed E-state index contributed by atoms with van der Waals surface area (Å²) in [6.45, 7) is 8.56. The van der Waals surface area contributed by atoms with Gasteiger partial charge in [-0.2, -0.15) is 5.26 Å². The van der Waals surface area contributed by atoms with Crippen LogP contribution in [-0.2, 0) is 0 Å². The molecule has 18 heavy (non-hydrogen) atoms. The number of nitriles is 1. The van der Waals surface area contributed by atoms with Gasteiger partial charge >= 0.3 is 0 Å². The lowest BCUT2D eigenvalue weighted by Crippen LogP contribution is -2.27. The maximum Gasteiger partial charge on any atom is 0.146 e. The largest absolute Gasteiger partial charge is 0.355 e. The van der Waals surface area contributed by atoms with Crippen molar-refractivity contribution in [1.82, 2.24) is 4.98 Å². The van der Waals surface area contributed by atoms with Crippen molar-refractivity contribution in [3.8, 4) is 6.07 Å². The van der Waals surface area contributed by atoms with Gasteiger partial charge in [0.1, 0.15) is 11.9 Å². The number of aryl methyl sites for hydroxylation is 1. The molecule has 1 aliphatic rings. The van der Waals surface area contributed by atoms with Gasteiger partial charge in [-0.1, -0.05) is 13.8 Å². The number of hydrogen-bond donors (Lipinski definition) is 0. The number of hydrogen-bond acceptors (Lipinski definition) is 3. The Balaban J connectivity index is 2.29. The summed E-state index contributed by atoms with van der Waals surface area (Å²) in [5.41, 5.74) is 2.09. The van der Waals surface area contributed by atoms with Crippen molar-refractivity contribution >= 4 is 5.82 Å². The molecule has 1 aromatic heterocycles. The first-order valence-electron chi connectivity index (χ1n) is 6.77. The van der Waals surface area contributed by atoms with Crippen LogP contribution in [-0.4, -0.2) is 18.1 Å². The van der Waals surface area contributed by atoms with Crippen LogP contribution in [0.25, 0.3) is 0 Å². The SMILES string of the molecule is CCC1(CC)CCN(c2nc(C)ccc2C#N)C1. The van der Waals surface area contributed by atoms with E-state index in [1.165, 1.54) is 19.3 Å². The van der Waals surface area contributed by atoms with Gasteiger partial charge in [0.25, 0.3) is 0 Å². The minimum atomic E-state index is 0.415. The average molecular weight is 243 g/mol. The molecular weight excluding hydrogens is 222 g/mol. The Kier molecular flexibility index (Phi) is 3.56. The average Bonchev–Trinajstić information content (AvgIpc) is 2.83. The smallest absolute Gasteiger partial charge is 0.146 e. The maximum absolute atomic E-state index is 9.20. The van der Waals surface area contributed by atoms with Crippen LogP contribution in [0, 0.1) is 23.7 Å². The third kappa shape index (κ3) is 2.20. The minimum Gasteiger partial charge on any atom is -0.355 e. The number of rotatable bonds is 3. The first kappa shape index (κ1) is 12.9. The van der Waals surface area contributed by atoms with Gasteiger partial charge in [0, 0.05) is 18.8 Å². The predicted molar refractivity (Wildman–Crippen MR) is 73.5 cm³/mol. The molecular formula is C15H21N3. The molecule has 0 unspecified atom stereocenters. The van der Waals surface area contributed by atoms with Gasteiger partial charge in [0.2, 0.25) is 0 Å². The maximum atomic E-state index is 9.20. The van der Waals surface area contributed by atoms with E-state index < -0.39 is 0 Å². The molecule has 0 saturated carbocycles. The molecule has 1 fully saturated rings. The molecule has 0 spiro atoms. The van der Waals surface area contributed by atoms with Crippen LogP contribution in [0.15, 0.2) is 12.1 Å². The van der Waals surface area contributed by atoms with Gasteiger partial charge in [0.05, 0.1) is 5.56 Å². The highest BCUT2D eigenvalue weighted by molar-refractivity contribution is 5.55. The summed E-state index contributed by atoms with van der Waals surface area (Å²) in [5, 5.41) is 9.20. The summed E-state index contributed by atoms with van der Waals surface area (Å²) >= 11 is 0. The molecule has 0 aromatic carbocycles.